The average Bonchev–Trinajstić information content (AvgIpc) is 3.02. The Morgan fingerprint density at radius 2 is 1.96 bits per heavy atom. The van der Waals surface area contributed by atoms with E-state index in [0.29, 0.717) is 18.1 Å². The molecule has 122 valence electrons. The van der Waals surface area contributed by atoms with Gasteiger partial charge in [-0.3, -0.25) is 15.1 Å². The van der Waals surface area contributed by atoms with E-state index in [0.717, 1.165) is 11.3 Å². The van der Waals surface area contributed by atoms with Crippen molar-refractivity contribution in [1.29, 1.82) is 0 Å². The number of carbonyl (C=O) groups excluding carboxylic acids is 1. The van der Waals surface area contributed by atoms with Gasteiger partial charge in [-0.15, -0.1) is 0 Å². The van der Waals surface area contributed by atoms with Crippen LogP contribution in [-0.2, 0) is 11.3 Å². The molecule has 0 spiro atoms. The van der Waals surface area contributed by atoms with Gasteiger partial charge in [0.15, 0.2) is 5.82 Å². The first-order valence-corrected chi connectivity index (χ1v) is 7.65. The third kappa shape index (κ3) is 4.05. The van der Waals surface area contributed by atoms with Crippen molar-refractivity contribution < 1.29 is 9.32 Å². The van der Waals surface area contributed by atoms with E-state index in [9.17, 15) is 4.79 Å². The third-order valence-corrected chi connectivity index (χ3v) is 3.49. The number of pyridine rings is 1. The van der Waals surface area contributed by atoms with Crippen LogP contribution in [-0.4, -0.2) is 16.0 Å². The van der Waals surface area contributed by atoms with Crippen LogP contribution >= 0.6 is 0 Å². The van der Waals surface area contributed by atoms with Crippen molar-refractivity contribution >= 4 is 11.7 Å². The van der Waals surface area contributed by atoms with E-state index in [1.54, 1.807) is 19.2 Å². The Kier molecular flexibility index (Phi) is 4.98. The van der Waals surface area contributed by atoms with Gasteiger partial charge in [0, 0.05) is 18.8 Å². The van der Waals surface area contributed by atoms with Crippen LogP contribution in [0, 0.1) is 6.92 Å². The highest BCUT2D eigenvalue weighted by molar-refractivity contribution is 5.94. The summed E-state index contributed by atoms with van der Waals surface area (Å²) >= 11 is 0. The minimum absolute atomic E-state index is 0.203. The van der Waals surface area contributed by atoms with Gasteiger partial charge in [-0.05, 0) is 24.6 Å². The van der Waals surface area contributed by atoms with Crippen LogP contribution in [0.15, 0.2) is 65.3 Å². The minimum Gasteiger partial charge on any atom is -0.360 e. The van der Waals surface area contributed by atoms with Gasteiger partial charge in [-0.2, -0.15) is 0 Å². The second-order valence-corrected chi connectivity index (χ2v) is 5.36. The molecule has 1 amide bonds. The number of aromatic nitrogens is 2. The summed E-state index contributed by atoms with van der Waals surface area (Å²) in [4.78, 5) is 16.9. The second-order valence-electron chi connectivity index (χ2n) is 5.36. The van der Waals surface area contributed by atoms with E-state index >= 15 is 0 Å². The van der Waals surface area contributed by atoms with Crippen molar-refractivity contribution in [2.45, 2.75) is 19.5 Å². The van der Waals surface area contributed by atoms with Crippen molar-refractivity contribution in [3.8, 4) is 0 Å². The van der Waals surface area contributed by atoms with Crippen molar-refractivity contribution in [2.75, 3.05) is 5.32 Å². The summed E-state index contributed by atoms with van der Waals surface area (Å²) in [7, 11) is 0. The first kappa shape index (κ1) is 15.9. The van der Waals surface area contributed by atoms with E-state index in [1.807, 2.05) is 48.5 Å². The van der Waals surface area contributed by atoms with Crippen molar-refractivity contribution in [3.05, 3.63) is 77.8 Å². The molecule has 3 aromatic rings. The maximum Gasteiger partial charge on any atom is 0.247 e. The van der Waals surface area contributed by atoms with Gasteiger partial charge in [0.1, 0.15) is 11.8 Å². The lowest BCUT2D eigenvalue weighted by Gasteiger charge is -2.18. The van der Waals surface area contributed by atoms with Crippen molar-refractivity contribution in [2.24, 2.45) is 0 Å². The zero-order valence-corrected chi connectivity index (χ0v) is 13.3. The molecule has 0 radical (unpaired) electrons. The molecule has 0 bridgehead atoms. The van der Waals surface area contributed by atoms with Gasteiger partial charge >= 0.3 is 0 Å². The molecule has 3 rings (SSSR count). The number of amides is 1. The number of nitrogens with one attached hydrogen (secondary N) is 2. The van der Waals surface area contributed by atoms with Crippen molar-refractivity contribution in [1.82, 2.24) is 15.5 Å². The van der Waals surface area contributed by atoms with E-state index < -0.39 is 6.04 Å². The fraction of sp³-hybridized carbons (Fsp3) is 0.167. The first-order chi connectivity index (χ1) is 11.7. The Morgan fingerprint density at radius 1 is 1.17 bits per heavy atom. The Hall–Kier alpha value is -2.99. The predicted octanol–water partition coefficient (Wildman–Crippen LogP) is 2.85. The Balaban J connectivity index is 1.75. The number of hydrogen-bond acceptors (Lipinski definition) is 5. The molecule has 0 aliphatic carbocycles. The minimum atomic E-state index is -0.523. The lowest BCUT2D eigenvalue weighted by Crippen LogP contribution is -2.33. The summed E-state index contributed by atoms with van der Waals surface area (Å²) in [5.41, 5.74) is 1.73. The van der Waals surface area contributed by atoms with Crippen LogP contribution in [0.3, 0.4) is 0 Å². The van der Waals surface area contributed by atoms with E-state index in [4.69, 9.17) is 4.52 Å². The van der Waals surface area contributed by atoms with E-state index in [2.05, 4.69) is 20.8 Å². The van der Waals surface area contributed by atoms with Crippen LogP contribution in [0.1, 0.15) is 23.1 Å². The Bertz CT molecular complexity index is 787. The molecule has 2 N–H and O–H groups in total. The molecule has 0 saturated carbocycles. The molecule has 1 atom stereocenters. The van der Waals surface area contributed by atoms with Crippen LogP contribution < -0.4 is 10.6 Å². The standard InChI is InChI=1S/C18H18N4O2/c1-13-11-16(22-24-13)21-18(23)17(14-7-3-2-4-8-14)20-12-15-9-5-6-10-19-15/h2-11,17,20H,12H2,1H3,(H,21,22,23)/t17-/m0/s1. The van der Waals surface area contributed by atoms with Crippen LogP contribution in [0.5, 0.6) is 0 Å². The first-order valence-electron chi connectivity index (χ1n) is 7.65. The van der Waals surface area contributed by atoms with Gasteiger partial charge in [0.25, 0.3) is 0 Å². The summed E-state index contributed by atoms with van der Waals surface area (Å²) in [5.74, 6) is 0.839. The number of aryl methyl sites for hydroxylation is 1. The number of hydrogen-bond donors (Lipinski definition) is 2. The number of anilines is 1. The number of rotatable bonds is 6. The maximum absolute atomic E-state index is 12.7. The number of carbonyl (C=O) groups is 1. The van der Waals surface area contributed by atoms with Crippen LogP contribution in [0.25, 0.3) is 0 Å². The van der Waals surface area contributed by atoms with Crippen LogP contribution in [0.2, 0.25) is 0 Å². The topological polar surface area (TPSA) is 80.0 Å². The molecule has 0 fully saturated rings. The monoisotopic (exact) mass is 322 g/mol. The normalized spacial score (nSPS) is 11.9. The molecule has 0 saturated heterocycles. The summed E-state index contributed by atoms with van der Waals surface area (Å²) < 4.78 is 4.98. The summed E-state index contributed by atoms with van der Waals surface area (Å²) in [6.45, 7) is 2.25. The lowest BCUT2D eigenvalue weighted by molar-refractivity contribution is -0.118. The molecule has 2 heterocycles. The lowest BCUT2D eigenvalue weighted by atomic mass is 10.1. The van der Waals surface area contributed by atoms with Crippen molar-refractivity contribution in [3.63, 3.8) is 0 Å². The molecule has 1 aromatic carbocycles. The molecular weight excluding hydrogens is 304 g/mol. The van der Waals surface area contributed by atoms with Crippen LogP contribution in [0.4, 0.5) is 5.82 Å². The predicted molar refractivity (Wildman–Crippen MR) is 90.1 cm³/mol. The fourth-order valence-electron chi connectivity index (χ4n) is 2.34. The molecule has 6 nitrogen and oxygen atoms in total. The smallest absolute Gasteiger partial charge is 0.247 e. The maximum atomic E-state index is 12.7. The Morgan fingerprint density at radius 3 is 2.62 bits per heavy atom. The molecule has 2 aromatic heterocycles. The third-order valence-electron chi connectivity index (χ3n) is 3.49. The van der Waals surface area contributed by atoms with Gasteiger partial charge in [-0.25, -0.2) is 0 Å². The second kappa shape index (κ2) is 7.52. The highest BCUT2D eigenvalue weighted by Crippen LogP contribution is 2.16. The zero-order valence-electron chi connectivity index (χ0n) is 13.3. The molecule has 0 aliphatic heterocycles. The highest BCUT2D eigenvalue weighted by Gasteiger charge is 2.21. The number of nitrogens with zero attached hydrogens (tertiary/aromatic N) is 2. The molecule has 24 heavy (non-hydrogen) atoms. The quantitative estimate of drug-likeness (QED) is 0.729. The van der Waals surface area contributed by atoms with E-state index in [1.165, 1.54) is 0 Å². The summed E-state index contributed by atoms with van der Waals surface area (Å²) in [6, 6.07) is 16.4. The largest absolute Gasteiger partial charge is 0.360 e. The average molecular weight is 322 g/mol. The van der Waals surface area contributed by atoms with E-state index in [-0.39, 0.29) is 5.91 Å². The Labute approximate surface area is 139 Å². The molecule has 0 aliphatic rings. The SMILES string of the molecule is Cc1cc(NC(=O)[C@@H](NCc2ccccn2)c2ccccc2)no1. The fourth-order valence-corrected chi connectivity index (χ4v) is 2.34. The van der Waals surface area contributed by atoms with Gasteiger partial charge in [0.05, 0.1) is 5.69 Å². The van der Waals surface area contributed by atoms with Gasteiger partial charge in [-0.1, -0.05) is 41.6 Å². The summed E-state index contributed by atoms with van der Waals surface area (Å²) in [5, 5.41) is 9.82. The number of benzene rings is 1. The molecule has 6 heteroatoms. The molecule has 0 unspecified atom stereocenters. The van der Waals surface area contributed by atoms with Gasteiger partial charge < -0.3 is 9.84 Å². The molecular formula is C18H18N4O2. The van der Waals surface area contributed by atoms with Gasteiger partial charge in [0.2, 0.25) is 5.91 Å². The summed E-state index contributed by atoms with van der Waals surface area (Å²) in [6.07, 6.45) is 1.73. The highest BCUT2D eigenvalue weighted by atomic mass is 16.5. The zero-order chi connectivity index (χ0) is 16.8.